The zero-order valence-corrected chi connectivity index (χ0v) is 21.3. The van der Waals surface area contributed by atoms with Crippen LogP contribution in [0.3, 0.4) is 0 Å². The lowest BCUT2D eigenvalue weighted by Crippen LogP contribution is -2.16. The molecule has 3 rings (SSSR count). The number of thioether (sulfide) groups is 1. The first-order valence-electron chi connectivity index (χ1n) is 10.5. The predicted octanol–water partition coefficient (Wildman–Crippen LogP) is 4.46. The molecule has 2 aromatic heterocycles. The topological polar surface area (TPSA) is 95.3 Å². The van der Waals surface area contributed by atoms with Crippen LogP contribution in [0.4, 0.5) is 5.00 Å². The minimum Gasteiger partial charge on any atom is -0.486 e. The van der Waals surface area contributed by atoms with Gasteiger partial charge in [-0.15, -0.1) is 21.5 Å². The molecule has 33 heavy (non-hydrogen) atoms. The standard InChI is InChI=1S/C23H28N4O4S2/c1-7-17-15(4)33-21(20(17)22(29)30-6)24-19(28)12-32-23-26-25-18(27(23)5)11-31-16-9-8-13(2)14(3)10-16/h8-10H,7,11-12H2,1-6H3,(H,24,28). The van der Waals surface area contributed by atoms with Gasteiger partial charge in [-0.3, -0.25) is 4.79 Å². The molecule has 0 atom stereocenters. The number of ether oxygens (including phenoxy) is 2. The maximum absolute atomic E-state index is 12.6. The van der Waals surface area contributed by atoms with Crippen molar-refractivity contribution >= 4 is 40.0 Å². The van der Waals surface area contributed by atoms with Crippen molar-refractivity contribution in [3.05, 3.63) is 51.2 Å². The molecule has 1 aromatic carbocycles. The van der Waals surface area contributed by atoms with E-state index in [0.29, 0.717) is 28.0 Å². The highest BCUT2D eigenvalue weighted by atomic mass is 32.2. The van der Waals surface area contributed by atoms with Gasteiger partial charge in [-0.1, -0.05) is 24.8 Å². The molecular weight excluding hydrogens is 460 g/mol. The Kier molecular flexibility index (Phi) is 8.15. The molecule has 0 aliphatic carbocycles. The van der Waals surface area contributed by atoms with E-state index in [-0.39, 0.29) is 18.3 Å². The lowest BCUT2D eigenvalue weighted by atomic mass is 10.1. The van der Waals surface area contributed by atoms with Crippen molar-refractivity contribution in [2.24, 2.45) is 7.05 Å². The summed E-state index contributed by atoms with van der Waals surface area (Å²) in [6, 6.07) is 5.94. The zero-order valence-electron chi connectivity index (χ0n) is 19.6. The third-order valence-electron chi connectivity index (χ3n) is 5.31. The molecule has 176 valence electrons. The monoisotopic (exact) mass is 488 g/mol. The van der Waals surface area contributed by atoms with Crippen LogP contribution in [0.2, 0.25) is 0 Å². The summed E-state index contributed by atoms with van der Waals surface area (Å²) in [5.74, 6) is 0.883. The van der Waals surface area contributed by atoms with Crippen molar-refractivity contribution < 1.29 is 19.1 Å². The number of thiophene rings is 1. The minimum absolute atomic E-state index is 0.128. The number of esters is 1. The molecule has 0 aliphatic rings. The minimum atomic E-state index is -0.444. The highest BCUT2D eigenvalue weighted by Crippen LogP contribution is 2.34. The van der Waals surface area contributed by atoms with Gasteiger partial charge < -0.3 is 19.4 Å². The number of anilines is 1. The largest absolute Gasteiger partial charge is 0.486 e. The molecule has 3 aromatic rings. The highest BCUT2D eigenvalue weighted by molar-refractivity contribution is 7.99. The summed E-state index contributed by atoms with van der Waals surface area (Å²) in [5, 5.41) is 12.3. The molecule has 0 saturated heterocycles. The van der Waals surface area contributed by atoms with Crippen LogP contribution in [-0.4, -0.2) is 39.5 Å². The SMILES string of the molecule is CCc1c(C)sc(NC(=O)CSc2nnc(COc3ccc(C)c(C)c3)n2C)c1C(=O)OC. The normalized spacial score (nSPS) is 10.8. The quantitative estimate of drug-likeness (QED) is 0.351. The summed E-state index contributed by atoms with van der Waals surface area (Å²) in [4.78, 5) is 25.8. The number of methoxy groups -OCH3 is 1. The summed E-state index contributed by atoms with van der Waals surface area (Å²) in [5.41, 5.74) is 3.71. The fourth-order valence-electron chi connectivity index (χ4n) is 3.25. The van der Waals surface area contributed by atoms with Crippen molar-refractivity contribution in [2.75, 3.05) is 18.2 Å². The number of aryl methyl sites for hydroxylation is 3. The Morgan fingerprint density at radius 1 is 1.18 bits per heavy atom. The maximum atomic E-state index is 12.6. The fraction of sp³-hybridized carbons (Fsp3) is 0.391. The molecule has 8 nitrogen and oxygen atoms in total. The molecule has 0 aliphatic heterocycles. The molecule has 0 fully saturated rings. The number of hydrogen-bond donors (Lipinski definition) is 1. The molecule has 0 radical (unpaired) electrons. The Balaban J connectivity index is 1.61. The molecule has 1 N–H and O–H groups in total. The summed E-state index contributed by atoms with van der Waals surface area (Å²) in [6.45, 7) is 8.27. The number of nitrogens with one attached hydrogen (secondary N) is 1. The number of carbonyl (C=O) groups is 2. The second-order valence-electron chi connectivity index (χ2n) is 7.52. The van der Waals surface area contributed by atoms with E-state index in [9.17, 15) is 9.59 Å². The van der Waals surface area contributed by atoms with Crippen LogP contribution in [0.25, 0.3) is 0 Å². The van der Waals surface area contributed by atoms with Crippen molar-refractivity contribution in [1.82, 2.24) is 14.8 Å². The third kappa shape index (κ3) is 5.75. The molecule has 10 heteroatoms. The Morgan fingerprint density at radius 3 is 2.61 bits per heavy atom. The van der Waals surface area contributed by atoms with E-state index in [4.69, 9.17) is 9.47 Å². The summed E-state index contributed by atoms with van der Waals surface area (Å²) < 4.78 is 12.6. The molecule has 1 amide bonds. The number of hydrogen-bond acceptors (Lipinski definition) is 8. The van der Waals surface area contributed by atoms with Crippen LogP contribution in [0.1, 0.15) is 44.7 Å². The number of nitrogens with zero attached hydrogens (tertiary/aromatic N) is 3. The van der Waals surface area contributed by atoms with E-state index >= 15 is 0 Å². The Hall–Kier alpha value is -2.85. The molecule has 0 spiro atoms. The first-order chi connectivity index (χ1) is 15.7. The molecular formula is C23H28N4O4S2. The van der Waals surface area contributed by atoms with Crippen LogP contribution in [0.5, 0.6) is 5.75 Å². The molecule has 0 unspecified atom stereocenters. The van der Waals surface area contributed by atoms with Gasteiger partial charge in [0.05, 0.1) is 18.4 Å². The number of benzene rings is 1. The lowest BCUT2D eigenvalue weighted by molar-refractivity contribution is -0.113. The smallest absolute Gasteiger partial charge is 0.341 e. The fourth-order valence-corrected chi connectivity index (χ4v) is 5.13. The Morgan fingerprint density at radius 2 is 1.94 bits per heavy atom. The van der Waals surface area contributed by atoms with Gasteiger partial charge in [-0.2, -0.15) is 0 Å². The number of amides is 1. The summed E-state index contributed by atoms with van der Waals surface area (Å²) >= 11 is 2.65. The average Bonchev–Trinajstić information content (AvgIpc) is 3.30. The van der Waals surface area contributed by atoms with Gasteiger partial charge in [-0.05, 0) is 56.0 Å². The van der Waals surface area contributed by atoms with Crippen molar-refractivity contribution in [1.29, 1.82) is 0 Å². The van der Waals surface area contributed by atoms with Crippen molar-refractivity contribution in [2.45, 2.75) is 45.9 Å². The Labute approximate surface area is 201 Å². The number of aromatic nitrogens is 3. The van der Waals surface area contributed by atoms with Crippen LogP contribution in [-0.2, 0) is 29.6 Å². The van der Waals surface area contributed by atoms with E-state index in [0.717, 1.165) is 21.8 Å². The van der Waals surface area contributed by atoms with Crippen LogP contribution >= 0.6 is 23.1 Å². The van der Waals surface area contributed by atoms with Crippen LogP contribution < -0.4 is 10.1 Å². The second-order valence-corrected chi connectivity index (χ2v) is 9.68. The van der Waals surface area contributed by atoms with Gasteiger partial charge in [0.25, 0.3) is 0 Å². The maximum Gasteiger partial charge on any atom is 0.341 e. The predicted molar refractivity (Wildman–Crippen MR) is 130 cm³/mol. The third-order valence-corrected chi connectivity index (χ3v) is 7.39. The summed E-state index contributed by atoms with van der Waals surface area (Å²) in [6.07, 6.45) is 0.684. The number of carbonyl (C=O) groups excluding carboxylic acids is 2. The van der Waals surface area contributed by atoms with Gasteiger partial charge in [0.1, 0.15) is 17.4 Å². The van der Waals surface area contributed by atoms with E-state index < -0.39 is 5.97 Å². The van der Waals surface area contributed by atoms with E-state index in [1.807, 2.05) is 50.6 Å². The second kappa shape index (κ2) is 10.8. The van der Waals surface area contributed by atoms with E-state index in [2.05, 4.69) is 22.4 Å². The van der Waals surface area contributed by atoms with Gasteiger partial charge in [0.15, 0.2) is 11.0 Å². The molecule has 0 bridgehead atoms. The van der Waals surface area contributed by atoms with Gasteiger partial charge >= 0.3 is 5.97 Å². The first kappa shape index (κ1) is 24.8. The average molecular weight is 489 g/mol. The van der Waals surface area contributed by atoms with E-state index in [1.54, 1.807) is 0 Å². The lowest BCUT2D eigenvalue weighted by Gasteiger charge is -2.09. The van der Waals surface area contributed by atoms with Crippen molar-refractivity contribution in [3.8, 4) is 5.75 Å². The van der Waals surface area contributed by atoms with Crippen LogP contribution in [0, 0.1) is 20.8 Å². The highest BCUT2D eigenvalue weighted by Gasteiger charge is 2.23. The zero-order chi connectivity index (χ0) is 24.1. The first-order valence-corrected chi connectivity index (χ1v) is 12.3. The van der Waals surface area contributed by atoms with E-state index in [1.165, 1.54) is 35.8 Å². The summed E-state index contributed by atoms with van der Waals surface area (Å²) in [7, 11) is 3.18. The van der Waals surface area contributed by atoms with Gasteiger partial charge in [0, 0.05) is 11.9 Å². The van der Waals surface area contributed by atoms with Crippen LogP contribution in [0.15, 0.2) is 23.4 Å². The molecule has 0 saturated carbocycles. The van der Waals surface area contributed by atoms with Crippen molar-refractivity contribution in [3.63, 3.8) is 0 Å². The number of rotatable bonds is 9. The van der Waals surface area contributed by atoms with Gasteiger partial charge in [0.2, 0.25) is 5.91 Å². The van der Waals surface area contributed by atoms with Gasteiger partial charge in [-0.25, -0.2) is 4.79 Å². The Bertz CT molecular complexity index is 1170. The molecule has 2 heterocycles.